The van der Waals surface area contributed by atoms with Crippen LogP contribution in [0.15, 0.2) is 22.9 Å². The summed E-state index contributed by atoms with van der Waals surface area (Å²) in [6, 6.07) is 4.94. The van der Waals surface area contributed by atoms with Gasteiger partial charge in [-0.05, 0) is 44.8 Å². The molecule has 1 atom stereocenters. The third-order valence-electron chi connectivity index (χ3n) is 3.47. The largest absolute Gasteiger partial charge is 0.303 e. The minimum absolute atomic E-state index is 0.522. The minimum Gasteiger partial charge on any atom is -0.303 e. The monoisotopic (exact) mass is 328 g/mol. The van der Waals surface area contributed by atoms with Crippen molar-refractivity contribution in [1.29, 1.82) is 0 Å². The van der Waals surface area contributed by atoms with E-state index in [9.17, 15) is 0 Å². The van der Waals surface area contributed by atoms with Gasteiger partial charge < -0.3 is 4.90 Å². The van der Waals surface area contributed by atoms with Crippen LogP contribution in [0.1, 0.15) is 28.9 Å². The van der Waals surface area contributed by atoms with E-state index < -0.39 is 0 Å². The quantitative estimate of drug-likeness (QED) is 0.666. The van der Waals surface area contributed by atoms with Crippen LogP contribution in [-0.4, -0.2) is 29.5 Å². The first kappa shape index (κ1) is 16.0. The Bertz CT molecular complexity index is 496. The van der Waals surface area contributed by atoms with E-state index in [1.807, 2.05) is 11.3 Å². The van der Waals surface area contributed by atoms with Gasteiger partial charge in [0.15, 0.2) is 0 Å². The third-order valence-corrected chi connectivity index (χ3v) is 5.60. The molecular weight excluding hydrogens is 308 g/mol. The molecule has 0 radical (unpaired) electrons. The van der Waals surface area contributed by atoms with E-state index in [0.29, 0.717) is 11.9 Å². The van der Waals surface area contributed by atoms with Gasteiger partial charge >= 0.3 is 0 Å². The second-order valence-electron chi connectivity index (χ2n) is 5.08. The molecule has 0 aliphatic carbocycles. The number of hydrogen-bond acceptors (Lipinski definition) is 4. The minimum atomic E-state index is 0.522. The van der Waals surface area contributed by atoms with Crippen LogP contribution in [0.3, 0.4) is 0 Å². The predicted molar refractivity (Wildman–Crippen MR) is 90.1 cm³/mol. The average molecular weight is 329 g/mol. The lowest BCUT2D eigenvalue weighted by atomic mass is 10.1. The number of thiophene rings is 1. The molecule has 0 aromatic carbocycles. The SMILES string of the molecule is CC(Cc1cccs1)N(C)CCCc1nc(CCl)cs1. The van der Waals surface area contributed by atoms with Crippen LogP contribution in [-0.2, 0) is 18.7 Å². The predicted octanol–water partition coefficient (Wildman–Crippen LogP) is 4.44. The maximum Gasteiger partial charge on any atom is 0.0929 e. The molecule has 0 bridgehead atoms. The summed E-state index contributed by atoms with van der Waals surface area (Å²) in [6.07, 6.45) is 3.35. The molecule has 0 N–H and O–H groups in total. The second kappa shape index (κ2) is 8.13. The van der Waals surface area contributed by atoms with Gasteiger partial charge in [-0.2, -0.15) is 0 Å². The summed E-state index contributed by atoms with van der Waals surface area (Å²) in [6.45, 7) is 3.41. The molecule has 20 heavy (non-hydrogen) atoms. The number of aryl methyl sites for hydroxylation is 1. The van der Waals surface area contributed by atoms with Gasteiger partial charge in [0.2, 0.25) is 0 Å². The summed E-state index contributed by atoms with van der Waals surface area (Å²) < 4.78 is 0. The first-order valence-electron chi connectivity index (χ1n) is 6.91. The zero-order valence-electron chi connectivity index (χ0n) is 12.0. The van der Waals surface area contributed by atoms with Crippen molar-refractivity contribution in [3.8, 4) is 0 Å². The van der Waals surface area contributed by atoms with Crippen molar-refractivity contribution in [2.24, 2.45) is 0 Å². The molecule has 0 saturated carbocycles. The van der Waals surface area contributed by atoms with Crippen LogP contribution in [0.2, 0.25) is 0 Å². The highest BCUT2D eigenvalue weighted by molar-refractivity contribution is 7.10. The molecule has 5 heteroatoms. The Balaban J connectivity index is 1.70. The van der Waals surface area contributed by atoms with E-state index in [4.69, 9.17) is 11.6 Å². The van der Waals surface area contributed by atoms with Crippen molar-refractivity contribution in [2.45, 2.75) is 38.1 Å². The second-order valence-corrected chi connectivity index (χ2v) is 7.33. The van der Waals surface area contributed by atoms with Gasteiger partial charge in [0.25, 0.3) is 0 Å². The van der Waals surface area contributed by atoms with Gasteiger partial charge in [0, 0.05) is 22.7 Å². The Labute approximate surface area is 134 Å². The molecule has 0 aliphatic rings. The molecule has 0 fully saturated rings. The van der Waals surface area contributed by atoms with Gasteiger partial charge in [-0.1, -0.05) is 6.07 Å². The Kier molecular flexibility index (Phi) is 6.49. The highest BCUT2D eigenvalue weighted by atomic mass is 35.5. The van der Waals surface area contributed by atoms with Crippen LogP contribution in [0.25, 0.3) is 0 Å². The summed E-state index contributed by atoms with van der Waals surface area (Å²) >= 11 is 9.34. The molecular formula is C15H21ClN2S2. The third kappa shape index (κ3) is 4.85. The van der Waals surface area contributed by atoms with Gasteiger partial charge in [0.05, 0.1) is 16.6 Å². The molecule has 2 aromatic heterocycles. The zero-order valence-corrected chi connectivity index (χ0v) is 14.4. The van der Waals surface area contributed by atoms with E-state index in [1.165, 1.54) is 9.88 Å². The molecule has 2 nitrogen and oxygen atoms in total. The Morgan fingerprint density at radius 3 is 2.90 bits per heavy atom. The number of nitrogens with zero attached hydrogens (tertiary/aromatic N) is 2. The fourth-order valence-electron chi connectivity index (χ4n) is 2.10. The standard InChI is InChI=1S/C15H21ClN2S2/c1-12(9-14-5-4-8-19-14)18(2)7-3-6-15-17-13(10-16)11-20-15/h4-5,8,11-12H,3,6-7,9-10H2,1-2H3. The molecule has 110 valence electrons. The van der Waals surface area contributed by atoms with Crippen molar-refractivity contribution in [3.05, 3.63) is 38.5 Å². The topological polar surface area (TPSA) is 16.1 Å². The van der Waals surface area contributed by atoms with Crippen molar-refractivity contribution in [1.82, 2.24) is 9.88 Å². The highest BCUT2D eigenvalue weighted by Gasteiger charge is 2.10. The summed E-state index contributed by atoms with van der Waals surface area (Å²) in [7, 11) is 2.21. The molecule has 1 unspecified atom stereocenters. The van der Waals surface area contributed by atoms with E-state index >= 15 is 0 Å². The number of aromatic nitrogens is 1. The number of hydrogen-bond donors (Lipinski definition) is 0. The van der Waals surface area contributed by atoms with E-state index in [0.717, 1.165) is 31.5 Å². The summed E-state index contributed by atoms with van der Waals surface area (Å²) in [4.78, 5) is 8.41. The van der Waals surface area contributed by atoms with Crippen LogP contribution in [0, 0.1) is 0 Å². The Morgan fingerprint density at radius 1 is 1.40 bits per heavy atom. The summed E-state index contributed by atoms with van der Waals surface area (Å²) in [5.41, 5.74) is 1.01. The first-order valence-corrected chi connectivity index (χ1v) is 9.20. The fraction of sp³-hybridized carbons (Fsp3) is 0.533. The molecule has 2 heterocycles. The summed E-state index contributed by atoms with van der Waals surface area (Å²) in [5, 5.41) is 5.42. The normalized spacial score (nSPS) is 13.0. The Morgan fingerprint density at radius 2 is 2.25 bits per heavy atom. The van der Waals surface area contributed by atoms with Crippen LogP contribution >= 0.6 is 34.3 Å². The Hall–Kier alpha value is -0.420. The van der Waals surface area contributed by atoms with Crippen molar-refractivity contribution in [2.75, 3.05) is 13.6 Å². The van der Waals surface area contributed by atoms with Crippen LogP contribution in [0.4, 0.5) is 0 Å². The van der Waals surface area contributed by atoms with Crippen molar-refractivity contribution < 1.29 is 0 Å². The smallest absolute Gasteiger partial charge is 0.0929 e. The number of alkyl halides is 1. The molecule has 0 aliphatic heterocycles. The highest BCUT2D eigenvalue weighted by Crippen LogP contribution is 2.15. The van der Waals surface area contributed by atoms with Crippen LogP contribution in [0.5, 0.6) is 0 Å². The molecule has 0 amide bonds. The lowest BCUT2D eigenvalue weighted by Crippen LogP contribution is -2.31. The number of halogens is 1. The van der Waals surface area contributed by atoms with E-state index in [-0.39, 0.29) is 0 Å². The fourth-order valence-corrected chi connectivity index (χ4v) is 4.00. The summed E-state index contributed by atoms with van der Waals surface area (Å²) in [5.74, 6) is 0.522. The maximum absolute atomic E-state index is 5.77. The zero-order chi connectivity index (χ0) is 14.4. The molecule has 0 saturated heterocycles. The van der Waals surface area contributed by atoms with Crippen molar-refractivity contribution >= 4 is 34.3 Å². The lowest BCUT2D eigenvalue weighted by molar-refractivity contribution is 0.254. The van der Waals surface area contributed by atoms with Crippen LogP contribution < -0.4 is 0 Å². The first-order chi connectivity index (χ1) is 9.69. The average Bonchev–Trinajstić information content (AvgIpc) is 3.09. The van der Waals surface area contributed by atoms with Gasteiger partial charge in [0.1, 0.15) is 0 Å². The van der Waals surface area contributed by atoms with E-state index in [2.05, 4.69) is 46.7 Å². The molecule has 2 aromatic rings. The van der Waals surface area contributed by atoms with Gasteiger partial charge in [-0.3, -0.25) is 0 Å². The molecule has 2 rings (SSSR count). The lowest BCUT2D eigenvalue weighted by Gasteiger charge is -2.24. The number of rotatable bonds is 8. The van der Waals surface area contributed by atoms with E-state index in [1.54, 1.807) is 11.3 Å². The maximum atomic E-state index is 5.77. The molecule has 0 spiro atoms. The number of thiazole rings is 1. The van der Waals surface area contributed by atoms with Crippen molar-refractivity contribution in [3.63, 3.8) is 0 Å². The van der Waals surface area contributed by atoms with Gasteiger partial charge in [-0.15, -0.1) is 34.3 Å². The number of likely N-dealkylation sites (N-methyl/N-ethyl adjacent to an activating group) is 1. The van der Waals surface area contributed by atoms with Gasteiger partial charge in [-0.25, -0.2) is 4.98 Å².